The lowest BCUT2D eigenvalue weighted by Crippen LogP contribution is -2.07. The summed E-state index contributed by atoms with van der Waals surface area (Å²) in [7, 11) is 0. The number of aromatic nitrogens is 1. The second-order valence-electron chi connectivity index (χ2n) is 3.38. The van der Waals surface area contributed by atoms with Crippen LogP contribution in [-0.2, 0) is 6.42 Å². The number of aryl methyl sites for hydroxylation is 1. The summed E-state index contributed by atoms with van der Waals surface area (Å²) in [6, 6.07) is 7.57. The fraction of sp³-hybridized carbons (Fsp3) is 0.167. The van der Waals surface area contributed by atoms with Gasteiger partial charge in [0.2, 0.25) is 5.43 Å². The molecule has 15 heavy (non-hydrogen) atoms. The summed E-state index contributed by atoms with van der Waals surface area (Å²) in [5.74, 6) is 0. The Kier molecular flexibility index (Phi) is 2.26. The molecule has 0 radical (unpaired) electrons. The molecule has 0 saturated heterocycles. The van der Waals surface area contributed by atoms with Gasteiger partial charge in [0.25, 0.3) is 0 Å². The average Bonchev–Trinajstić information content (AvgIpc) is 2.29. The normalized spacial score (nSPS) is 10.1. The van der Waals surface area contributed by atoms with Crippen LogP contribution in [0.1, 0.15) is 18.1 Å². The van der Waals surface area contributed by atoms with Gasteiger partial charge >= 0.3 is 0 Å². The van der Waals surface area contributed by atoms with Crippen molar-refractivity contribution in [3.8, 4) is 6.07 Å². The number of benzene rings is 1. The molecule has 3 heteroatoms. The zero-order valence-corrected chi connectivity index (χ0v) is 8.37. The molecule has 74 valence electrons. The Balaban J connectivity index is 2.85. The van der Waals surface area contributed by atoms with Gasteiger partial charge in [0, 0.05) is 17.1 Å². The number of nitrogens with zero attached hydrogens (tertiary/aromatic N) is 1. The summed E-state index contributed by atoms with van der Waals surface area (Å²) in [6.45, 7) is 2.03. The second-order valence-corrected chi connectivity index (χ2v) is 3.38. The van der Waals surface area contributed by atoms with Crippen LogP contribution in [0.25, 0.3) is 10.9 Å². The lowest BCUT2D eigenvalue weighted by Gasteiger charge is -2.00. The van der Waals surface area contributed by atoms with E-state index in [4.69, 9.17) is 5.26 Å². The van der Waals surface area contributed by atoms with E-state index in [1.807, 2.05) is 31.2 Å². The molecule has 2 aromatic rings. The van der Waals surface area contributed by atoms with E-state index in [9.17, 15) is 4.79 Å². The highest BCUT2D eigenvalue weighted by Crippen LogP contribution is 2.11. The van der Waals surface area contributed by atoms with Gasteiger partial charge in [0.05, 0.1) is 0 Å². The molecule has 0 aliphatic heterocycles. The third-order valence-electron chi connectivity index (χ3n) is 2.47. The van der Waals surface area contributed by atoms with Crippen LogP contribution in [0.4, 0.5) is 0 Å². The highest BCUT2D eigenvalue weighted by molar-refractivity contribution is 5.80. The summed E-state index contributed by atoms with van der Waals surface area (Å²) < 4.78 is 0. The number of hydrogen-bond donors (Lipinski definition) is 1. The molecule has 1 N–H and O–H groups in total. The molecular weight excluding hydrogens is 188 g/mol. The highest BCUT2D eigenvalue weighted by Gasteiger charge is 2.04. The number of aromatic amines is 1. The zero-order chi connectivity index (χ0) is 10.8. The molecule has 0 bridgehead atoms. The van der Waals surface area contributed by atoms with Gasteiger partial charge in [-0.05, 0) is 24.1 Å². The Morgan fingerprint density at radius 2 is 2.27 bits per heavy atom. The number of pyridine rings is 1. The number of nitriles is 1. The summed E-state index contributed by atoms with van der Waals surface area (Å²) in [6.07, 6.45) is 2.34. The van der Waals surface area contributed by atoms with Gasteiger partial charge in [-0.15, -0.1) is 0 Å². The van der Waals surface area contributed by atoms with E-state index in [1.165, 1.54) is 6.20 Å². The van der Waals surface area contributed by atoms with Crippen LogP contribution >= 0.6 is 0 Å². The van der Waals surface area contributed by atoms with Crippen LogP contribution in [0, 0.1) is 11.3 Å². The van der Waals surface area contributed by atoms with Gasteiger partial charge < -0.3 is 4.98 Å². The number of hydrogen-bond acceptors (Lipinski definition) is 2. The summed E-state index contributed by atoms with van der Waals surface area (Å²) in [5.41, 5.74) is 1.84. The minimum atomic E-state index is -0.193. The molecule has 0 aliphatic carbocycles. The Bertz CT molecular complexity index is 605. The van der Waals surface area contributed by atoms with Crippen molar-refractivity contribution in [1.82, 2.24) is 4.98 Å². The predicted octanol–water partition coefficient (Wildman–Crippen LogP) is 1.96. The van der Waals surface area contributed by atoms with Gasteiger partial charge in [-0.2, -0.15) is 5.26 Å². The van der Waals surface area contributed by atoms with E-state index in [1.54, 1.807) is 0 Å². The predicted molar refractivity (Wildman–Crippen MR) is 58.7 cm³/mol. The van der Waals surface area contributed by atoms with Crippen LogP contribution in [0.3, 0.4) is 0 Å². The van der Waals surface area contributed by atoms with Gasteiger partial charge in [0.15, 0.2) is 0 Å². The monoisotopic (exact) mass is 198 g/mol. The number of rotatable bonds is 1. The average molecular weight is 198 g/mol. The molecule has 3 nitrogen and oxygen atoms in total. The fourth-order valence-electron chi connectivity index (χ4n) is 1.57. The molecule has 0 unspecified atom stereocenters. The Morgan fingerprint density at radius 3 is 2.93 bits per heavy atom. The van der Waals surface area contributed by atoms with E-state index in [0.717, 1.165) is 17.5 Å². The smallest absolute Gasteiger partial charge is 0.207 e. The fourth-order valence-corrected chi connectivity index (χ4v) is 1.57. The van der Waals surface area contributed by atoms with E-state index < -0.39 is 0 Å². The third-order valence-corrected chi connectivity index (χ3v) is 2.47. The maximum atomic E-state index is 11.8. The highest BCUT2D eigenvalue weighted by atomic mass is 16.1. The Morgan fingerprint density at radius 1 is 1.47 bits per heavy atom. The van der Waals surface area contributed by atoms with E-state index in [2.05, 4.69) is 4.98 Å². The minimum absolute atomic E-state index is 0.163. The van der Waals surface area contributed by atoms with Crippen molar-refractivity contribution >= 4 is 10.9 Å². The summed E-state index contributed by atoms with van der Waals surface area (Å²) in [4.78, 5) is 14.7. The van der Waals surface area contributed by atoms with E-state index in [0.29, 0.717) is 5.39 Å². The lowest BCUT2D eigenvalue weighted by atomic mass is 10.1. The van der Waals surface area contributed by atoms with Crippen molar-refractivity contribution < 1.29 is 0 Å². The van der Waals surface area contributed by atoms with Gasteiger partial charge in [0.1, 0.15) is 11.6 Å². The first-order valence-corrected chi connectivity index (χ1v) is 4.80. The molecule has 0 saturated carbocycles. The third kappa shape index (κ3) is 1.50. The van der Waals surface area contributed by atoms with Crippen molar-refractivity contribution in [2.45, 2.75) is 13.3 Å². The second kappa shape index (κ2) is 3.58. The van der Waals surface area contributed by atoms with Crippen LogP contribution in [0.2, 0.25) is 0 Å². The lowest BCUT2D eigenvalue weighted by molar-refractivity contribution is 1.14. The summed E-state index contributed by atoms with van der Waals surface area (Å²) >= 11 is 0. The van der Waals surface area contributed by atoms with Crippen LogP contribution in [0.5, 0.6) is 0 Å². The molecule has 0 fully saturated rings. The Labute approximate surface area is 87.0 Å². The molecule has 0 amide bonds. The standard InChI is InChI=1S/C12H10N2O/c1-2-8-3-4-11-10(5-8)12(15)9(6-13)7-14-11/h3-5,7H,2H2,1H3,(H,14,15). The van der Waals surface area contributed by atoms with E-state index >= 15 is 0 Å². The number of H-pyrrole nitrogens is 1. The molecule has 0 aliphatic rings. The quantitative estimate of drug-likeness (QED) is 0.761. The van der Waals surface area contributed by atoms with Crippen molar-refractivity contribution in [3.63, 3.8) is 0 Å². The molecule has 1 aromatic heterocycles. The summed E-state index contributed by atoms with van der Waals surface area (Å²) in [5, 5.41) is 9.33. The molecular formula is C12H10N2O. The zero-order valence-electron chi connectivity index (χ0n) is 8.37. The SMILES string of the molecule is CCc1ccc2[nH]cc(C#N)c(=O)c2c1. The first kappa shape index (κ1) is 9.47. The first-order valence-electron chi connectivity index (χ1n) is 4.80. The van der Waals surface area contributed by atoms with Gasteiger partial charge in [-0.1, -0.05) is 13.0 Å². The molecule has 0 spiro atoms. The first-order chi connectivity index (χ1) is 7.26. The van der Waals surface area contributed by atoms with Crippen molar-refractivity contribution in [2.24, 2.45) is 0 Å². The van der Waals surface area contributed by atoms with Crippen molar-refractivity contribution in [2.75, 3.05) is 0 Å². The van der Waals surface area contributed by atoms with Gasteiger partial charge in [-0.25, -0.2) is 0 Å². The number of nitrogens with one attached hydrogen (secondary N) is 1. The molecule has 0 atom stereocenters. The maximum absolute atomic E-state index is 11.8. The maximum Gasteiger partial charge on any atom is 0.207 e. The van der Waals surface area contributed by atoms with Crippen LogP contribution in [-0.4, -0.2) is 4.98 Å². The molecule has 1 heterocycles. The van der Waals surface area contributed by atoms with Crippen molar-refractivity contribution in [3.05, 3.63) is 45.7 Å². The molecule has 1 aromatic carbocycles. The topological polar surface area (TPSA) is 56.6 Å². The van der Waals surface area contributed by atoms with Gasteiger partial charge in [-0.3, -0.25) is 4.79 Å². The van der Waals surface area contributed by atoms with Crippen LogP contribution in [0.15, 0.2) is 29.2 Å². The van der Waals surface area contributed by atoms with E-state index in [-0.39, 0.29) is 11.0 Å². The number of fused-ring (bicyclic) bond motifs is 1. The van der Waals surface area contributed by atoms with Crippen molar-refractivity contribution in [1.29, 1.82) is 5.26 Å². The molecule has 2 rings (SSSR count). The largest absolute Gasteiger partial charge is 0.360 e. The Hall–Kier alpha value is -2.08. The minimum Gasteiger partial charge on any atom is -0.360 e. The van der Waals surface area contributed by atoms with Crippen LogP contribution < -0.4 is 5.43 Å².